The largest absolute Gasteiger partial charge is 0.311 e. The number of amides is 4. The van der Waals surface area contributed by atoms with Crippen molar-refractivity contribution in [3.63, 3.8) is 0 Å². The molecule has 0 saturated carbocycles. The molecule has 0 spiro atoms. The van der Waals surface area contributed by atoms with Gasteiger partial charge in [-0.3, -0.25) is 33.5 Å². The number of nitrogens with zero attached hydrogens (tertiary/aromatic N) is 2. The Balaban J connectivity index is 0.000000743. The minimum atomic E-state index is -3.67. The quantitative estimate of drug-likeness (QED) is 0.144. The topological polar surface area (TPSA) is 153 Å². The summed E-state index contributed by atoms with van der Waals surface area (Å²) in [4.78, 5) is 55.2. The maximum absolute atomic E-state index is 13.2. The summed E-state index contributed by atoms with van der Waals surface area (Å²) in [6, 6.07) is 21.8. The van der Waals surface area contributed by atoms with Gasteiger partial charge in [0.25, 0.3) is 33.7 Å². The lowest BCUT2D eigenvalue weighted by atomic mass is 9.94. The highest BCUT2D eigenvalue weighted by Gasteiger charge is 2.34. The molecule has 0 radical (unpaired) electrons. The lowest BCUT2D eigenvalue weighted by Crippen LogP contribution is -2.50. The van der Waals surface area contributed by atoms with Crippen LogP contribution in [0.2, 0.25) is 0 Å². The molecule has 0 bridgehead atoms. The van der Waals surface area contributed by atoms with Crippen molar-refractivity contribution in [3.05, 3.63) is 95.1 Å². The third-order valence-corrected chi connectivity index (χ3v) is 7.74. The summed E-state index contributed by atoms with van der Waals surface area (Å²) in [5.74, 6) is -1.10. The summed E-state index contributed by atoms with van der Waals surface area (Å²) < 4.78 is 25.9. The average Bonchev–Trinajstić information content (AvgIpc) is 3.00. The smallest absolute Gasteiger partial charge is 0.261 e. The van der Waals surface area contributed by atoms with E-state index in [-0.39, 0.29) is 48.8 Å². The predicted octanol–water partition coefficient (Wildman–Crippen LogP) is 3.35. The van der Waals surface area contributed by atoms with Crippen molar-refractivity contribution >= 4 is 55.3 Å². The molecule has 11 nitrogen and oxygen atoms in total. The molecule has 0 aromatic heterocycles. The standard InChI is InChI=1S/C32H30N4O4.CH4O3S/c1-19(17-35-29(37)23-11-3-7-21-8-4-12-24(27(21)23)30(35)38)33-15-16-34-20(2)18-36-31(39)25-13-5-9-22-10-6-14-26(28(22)25)32(36)40;1-5(2,3)4/h3-14,19-20,33-34H,15-18H2,1-2H3;1H3,(H,2,3,4). The molecule has 2 unspecified atom stereocenters. The maximum atomic E-state index is 13.2. The molecule has 2 aliphatic heterocycles. The second-order valence-electron chi connectivity index (χ2n) is 11.3. The molecule has 3 N–H and O–H groups in total. The molecular formula is C33H34N4O7S. The van der Waals surface area contributed by atoms with E-state index in [2.05, 4.69) is 10.6 Å². The summed E-state index contributed by atoms with van der Waals surface area (Å²) in [6.45, 7) is 5.54. The molecule has 2 heterocycles. The number of carbonyl (C=O) groups is 4. The minimum absolute atomic E-state index is 0.128. The molecule has 2 aliphatic rings. The fourth-order valence-corrected chi connectivity index (χ4v) is 5.81. The first-order valence-corrected chi connectivity index (χ1v) is 16.3. The van der Waals surface area contributed by atoms with Crippen LogP contribution in [0.5, 0.6) is 0 Å². The van der Waals surface area contributed by atoms with Gasteiger partial charge in [0.05, 0.1) is 6.26 Å². The Hall–Kier alpha value is -4.49. The van der Waals surface area contributed by atoms with Crippen molar-refractivity contribution in [2.24, 2.45) is 0 Å². The molecule has 4 amide bonds. The molecule has 0 fully saturated rings. The van der Waals surface area contributed by atoms with Gasteiger partial charge in [-0.25, -0.2) is 0 Å². The minimum Gasteiger partial charge on any atom is -0.311 e. The fraction of sp³-hybridized carbons (Fsp3) is 0.273. The molecule has 4 aromatic carbocycles. The zero-order chi connectivity index (χ0) is 32.5. The van der Waals surface area contributed by atoms with Crippen LogP contribution < -0.4 is 10.6 Å². The highest BCUT2D eigenvalue weighted by molar-refractivity contribution is 7.85. The molecule has 4 aromatic rings. The van der Waals surface area contributed by atoms with Crippen LogP contribution in [-0.4, -0.2) is 90.9 Å². The highest BCUT2D eigenvalue weighted by Crippen LogP contribution is 2.31. The van der Waals surface area contributed by atoms with Crippen LogP contribution in [-0.2, 0) is 10.1 Å². The number of carbonyl (C=O) groups excluding carboxylic acids is 4. The molecule has 234 valence electrons. The third kappa shape index (κ3) is 6.79. The second kappa shape index (κ2) is 12.9. The molecule has 6 rings (SSSR count). The van der Waals surface area contributed by atoms with Gasteiger partial charge >= 0.3 is 0 Å². The van der Waals surface area contributed by atoms with E-state index in [0.29, 0.717) is 41.6 Å². The molecule has 12 heteroatoms. The first-order chi connectivity index (χ1) is 21.3. The molecule has 0 aliphatic carbocycles. The first kappa shape index (κ1) is 31.9. The van der Waals surface area contributed by atoms with E-state index in [9.17, 15) is 27.6 Å². The molecule has 45 heavy (non-hydrogen) atoms. The second-order valence-corrected chi connectivity index (χ2v) is 12.8. The number of rotatable bonds is 9. The van der Waals surface area contributed by atoms with E-state index in [1.165, 1.54) is 9.80 Å². The van der Waals surface area contributed by atoms with E-state index in [4.69, 9.17) is 4.55 Å². The van der Waals surface area contributed by atoms with E-state index in [0.717, 1.165) is 21.5 Å². The molecular weight excluding hydrogens is 596 g/mol. The van der Waals surface area contributed by atoms with Crippen LogP contribution in [0.3, 0.4) is 0 Å². The van der Waals surface area contributed by atoms with Crippen molar-refractivity contribution in [1.82, 2.24) is 20.4 Å². The zero-order valence-electron chi connectivity index (χ0n) is 25.1. The Morgan fingerprint density at radius 1 is 0.600 bits per heavy atom. The molecule has 2 atom stereocenters. The maximum Gasteiger partial charge on any atom is 0.261 e. The Morgan fingerprint density at radius 3 is 1.13 bits per heavy atom. The summed E-state index contributed by atoms with van der Waals surface area (Å²) in [6.07, 6.45) is 0.715. The monoisotopic (exact) mass is 630 g/mol. The van der Waals surface area contributed by atoms with Crippen molar-refractivity contribution < 1.29 is 32.1 Å². The average molecular weight is 631 g/mol. The van der Waals surface area contributed by atoms with Crippen LogP contribution >= 0.6 is 0 Å². The summed E-state index contributed by atoms with van der Waals surface area (Å²) in [7, 11) is -3.67. The Bertz CT molecular complexity index is 1710. The zero-order valence-corrected chi connectivity index (χ0v) is 25.9. The summed E-state index contributed by atoms with van der Waals surface area (Å²) in [5.41, 5.74) is 2.21. The van der Waals surface area contributed by atoms with Gasteiger partial charge in [-0.15, -0.1) is 0 Å². The van der Waals surface area contributed by atoms with Crippen LogP contribution in [0.1, 0.15) is 55.3 Å². The lowest BCUT2D eigenvalue weighted by Gasteiger charge is -2.30. The lowest BCUT2D eigenvalue weighted by molar-refractivity contribution is 0.0580. The van der Waals surface area contributed by atoms with E-state index in [1.54, 1.807) is 24.3 Å². The number of nitrogens with one attached hydrogen (secondary N) is 2. The van der Waals surface area contributed by atoms with Crippen LogP contribution in [0.4, 0.5) is 0 Å². The number of imide groups is 2. The number of hydrogen-bond donors (Lipinski definition) is 3. The van der Waals surface area contributed by atoms with Gasteiger partial charge in [-0.1, -0.05) is 48.5 Å². The summed E-state index contributed by atoms with van der Waals surface area (Å²) >= 11 is 0. The van der Waals surface area contributed by atoms with Gasteiger partial charge in [-0.05, 0) is 48.9 Å². The van der Waals surface area contributed by atoms with Gasteiger partial charge in [0, 0.05) is 71.3 Å². The van der Waals surface area contributed by atoms with Crippen molar-refractivity contribution in [2.75, 3.05) is 32.4 Å². The Kier molecular flexibility index (Phi) is 9.12. The van der Waals surface area contributed by atoms with Crippen molar-refractivity contribution in [3.8, 4) is 0 Å². The predicted molar refractivity (Wildman–Crippen MR) is 171 cm³/mol. The van der Waals surface area contributed by atoms with Crippen molar-refractivity contribution in [1.29, 1.82) is 0 Å². The SMILES string of the molecule is CC(CN1C(=O)c2cccc3cccc(c23)C1=O)NCCNC(C)CN1C(=O)c2cccc3cccc(c23)C1=O.CS(=O)(=O)O. The van der Waals surface area contributed by atoms with Gasteiger partial charge in [-0.2, -0.15) is 8.42 Å². The molecule has 0 saturated heterocycles. The van der Waals surface area contributed by atoms with Gasteiger partial charge in [0.1, 0.15) is 0 Å². The van der Waals surface area contributed by atoms with Crippen LogP contribution in [0, 0.1) is 0 Å². The van der Waals surface area contributed by atoms with Crippen LogP contribution in [0.25, 0.3) is 21.5 Å². The van der Waals surface area contributed by atoms with Gasteiger partial charge in [0.15, 0.2) is 0 Å². The van der Waals surface area contributed by atoms with Gasteiger partial charge in [0.2, 0.25) is 0 Å². The normalized spacial score (nSPS) is 15.7. The summed E-state index contributed by atoms with van der Waals surface area (Å²) in [5, 5.41) is 9.95. The Labute approximate surface area is 260 Å². The van der Waals surface area contributed by atoms with E-state index in [1.807, 2.05) is 62.4 Å². The first-order valence-electron chi connectivity index (χ1n) is 14.5. The van der Waals surface area contributed by atoms with E-state index >= 15 is 0 Å². The number of benzene rings is 4. The number of hydrogen-bond acceptors (Lipinski definition) is 8. The highest BCUT2D eigenvalue weighted by atomic mass is 32.2. The van der Waals surface area contributed by atoms with Gasteiger partial charge < -0.3 is 10.6 Å². The Morgan fingerprint density at radius 2 is 0.867 bits per heavy atom. The fourth-order valence-electron chi connectivity index (χ4n) is 5.81. The third-order valence-electron chi connectivity index (χ3n) is 7.74. The van der Waals surface area contributed by atoms with Crippen LogP contribution in [0.15, 0.2) is 72.8 Å². The van der Waals surface area contributed by atoms with Crippen molar-refractivity contribution in [2.45, 2.75) is 25.9 Å². The van der Waals surface area contributed by atoms with E-state index < -0.39 is 10.1 Å².